The number of hydrogen-bond acceptors (Lipinski definition) is 3. The second-order valence-corrected chi connectivity index (χ2v) is 7.84. The van der Waals surface area contributed by atoms with Crippen LogP contribution < -0.4 is 0 Å². The molecule has 5 heteroatoms. The first kappa shape index (κ1) is 17.7. The van der Waals surface area contributed by atoms with Crippen LogP contribution in [0.2, 0.25) is 0 Å². The molecule has 0 bridgehead atoms. The number of fused-ring (bicyclic) bond motifs is 1. The first-order chi connectivity index (χ1) is 13.0. The molecule has 2 heterocycles. The lowest BCUT2D eigenvalue weighted by molar-refractivity contribution is 0.0729. The van der Waals surface area contributed by atoms with E-state index in [1.165, 1.54) is 12.8 Å². The molecule has 0 spiro atoms. The number of benzene rings is 1. The first-order valence-electron chi connectivity index (χ1n) is 9.68. The van der Waals surface area contributed by atoms with Gasteiger partial charge < -0.3 is 4.90 Å². The zero-order valence-electron chi connectivity index (χ0n) is 16.4. The third-order valence-corrected chi connectivity index (χ3v) is 5.59. The molecule has 1 unspecified atom stereocenters. The monoisotopic (exact) mass is 362 g/mol. The molecule has 1 aliphatic carbocycles. The van der Waals surface area contributed by atoms with E-state index in [2.05, 4.69) is 25.9 Å². The van der Waals surface area contributed by atoms with Crippen LogP contribution in [0.25, 0.3) is 22.3 Å². The van der Waals surface area contributed by atoms with Gasteiger partial charge in [0.05, 0.1) is 22.8 Å². The van der Waals surface area contributed by atoms with Gasteiger partial charge in [-0.25, -0.2) is 9.67 Å². The van der Waals surface area contributed by atoms with Crippen molar-refractivity contribution in [2.75, 3.05) is 7.05 Å². The van der Waals surface area contributed by atoms with Gasteiger partial charge in [0.15, 0.2) is 5.65 Å². The molecular weight excluding hydrogens is 336 g/mol. The normalized spacial score (nSPS) is 15.3. The molecule has 2 aromatic heterocycles. The lowest BCUT2D eigenvalue weighted by Gasteiger charge is -2.25. The maximum Gasteiger partial charge on any atom is 0.254 e. The fraction of sp³-hybridized carbons (Fsp3) is 0.409. The van der Waals surface area contributed by atoms with Crippen molar-refractivity contribution in [2.45, 2.75) is 45.7 Å². The molecule has 0 N–H and O–H groups in total. The smallest absolute Gasteiger partial charge is 0.254 e. The molecule has 4 rings (SSSR count). The van der Waals surface area contributed by atoms with Crippen LogP contribution in [0.15, 0.2) is 42.6 Å². The number of rotatable bonds is 5. The summed E-state index contributed by atoms with van der Waals surface area (Å²) in [5.74, 6) is 0.672. The average Bonchev–Trinajstić information content (AvgIpc) is 3.44. The molecule has 1 amide bonds. The summed E-state index contributed by atoms with van der Waals surface area (Å²) in [6.45, 7) is 6.29. The van der Waals surface area contributed by atoms with Crippen molar-refractivity contribution in [1.82, 2.24) is 19.7 Å². The molecule has 1 aromatic carbocycles. The summed E-state index contributed by atoms with van der Waals surface area (Å²) in [5.41, 5.74) is 3.26. The van der Waals surface area contributed by atoms with Crippen molar-refractivity contribution < 1.29 is 4.79 Å². The van der Waals surface area contributed by atoms with Crippen LogP contribution in [0.3, 0.4) is 0 Å². The standard InChI is InChI=1S/C22H26N4O/c1-14(2)26-21-19(13-23-26)18(22(27)25(4)15(3)16-10-11-16)12-20(24-21)17-8-6-5-7-9-17/h5-9,12-16H,10-11H2,1-4H3. The number of pyridine rings is 1. The Morgan fingerprint density at radius 1 is 1.19 bits per heavy atom. The second kappa shape index (κ2) is 6.80. The lowest BCUT2D eigenvalue weighted by atomic mass is 10.0. The van der Waals surface area contributed by atoms with E-state index >= 15 is 0 Å². The van der Waals surface area contributed by atoms with Crippen molar-refractivity contribution in [2.24, 2.45) is 5.92 Å². The van der Waals surface area contributed by atoms with Gasteiger partial charge in [-0.1, -0.05) is 30.3 Å². The number of hydrogen-bond donors (Lipinski definition) is 0. The summed E-state index contributed by atoms with van der Waals surface area (Å²) in [5, 5.41) is 5.33. The molecule has 3 aromatic rings. The van der Waals surface area contributed by atoms with Gasteiger partial charge in [-0.3, -0.25) is 4.79 Å². The predicted octanol–water partition coefficient (Wildman–Crippen LogP) is 4.55. The molecule has 0 saturated heterocycles. The van der Waals surface area contributed by atoms with E-state index in [0.717, 1.165) is 22.3 Å². The van der Waals surface area contributed by atoms with Crippen LogP contribution in [0.5, 0.6) is 0 Å². The van der Waals surface area contributed by atoms with E-state index in [9.17, 15) is 4.79 Å². The molecule has 0 radical (unpaired) electrons. The van der Waals surface area contributed by atoms with Crippen LogP contribution in [-0.2, 0) is 0 Å². The molecule has 5 nitrogen and oxygen atoms in total. The SMILES string of the molecule is CC(C1CC1)N(C)C(=O)c1cc(-c2ccccc2)nc2c1cnn2C(C)C. The Labute approximate surface area is 160 Å². The van der Waals surface area contributed by atoms with Crippen molar-refractivity contribution in [3.05, 3.63) is 48.2 Å². The van der Waals surface area contributed by atoms with Crippen molar-refractivity contribution in [3.8, 4) is 11.3 Å². The Bertz CT molecular complexity index is 973. The highest BCUT2D eigenvalue weighted by Crippen LogP contribution is 2.35. The lowest BCUT2D eigenvalue weighted by Crippen LogP contribution is -2.36. The highest BCUT2D eigenvalue weighted by atomic mass is 16.2. The van der Waals surface area contributed by atoms with E-state index in [4.69, 9.17) is 4.98 Å². The molecule has 140 valence electrons. The van der Waals surface area contributed by atoms with Gasteiger partial charge >= 0.3 is 0 Å². The zero-order valence-corrected chi connectivity index (χ0v) is 16.4. The topological polar surface area (TPSA) is 51.0 Å². The van der Waals surface area contributed by atoms with E-state index in [1.807, 2.05) is 53.0 Å². The van der Waals surface area contributed by atoms with Crippen LogP contribution in [0.4, 0.5) is 0 Å². The van der Waals surface area contributed by atoms with E-state index in [1.54, 1.807) is 6.20 Å². The zero-order chi connectivity index (χ0) is 19.1. The number of carbonyl (C=O) groups excluding carboxylic acids is 1. The molecule has 1 saturated carbocycles. The maximum absolute atomic E-state index is 13.4. The van der Waals surface area contributed by atoms with Crippen LogP contribution >= 0.6 is 0 Å². The summed E-state index contributed by atoms with van der Waals surface area (Å²) in [7, 11) is 1.91. The highest BCUT2D eigenvalue weighted by Gasteiger charge is 2.33. The van der Waals surface area contributed by atoms with Gasteiger partial charge in [0.25, 0.3) is 5.91 Å². The summed E-state index contributed by atoms with van der Waals surface area (Å²) >= 11 is 0. The molecular formula is C22H26N4O. The van der Waals surface area contributed by atoms with Crippen molar-refractivity contribution in [1.29, 1.82) is 0 Å². The Morgan fingerprint density at radius 3 is 2.52 bits per heavy atom. The third-order valence-electron chi connectivity index (χ3n) is 5.59. The molecule has 0 aliphatic heterocycles. The van der Waals surface area contributed by atoms with Crippen molar-refractivity contribution >= 4 is 16.9 Å². The molecule has 1 atom stereocenters. The highest BCUT2D eigenvalue weighted by molar-refractivity contribution is 6.06. The molecule has 27 heavy (non-hydrogen) atoms. The minimum absolute atomic E-state index is 0.0438. The van der Waals surface area contributed by atoms with Gasteiger partial charge in [-0.05, 0) is 45.6 Å². The van der Waals surface area contributed by atoms with Gasteiger partial charge in [-0.2, -0.15) is 5.10 Å². The fourth-order valence-electron chi connectivity index (χ4n) is 3.60. The average molecular weight is 362 g/mol. The van der Waals surface area contributed by atoms with Gasteiger partial charge in [0.1, 0.15) is 0 Å². The molecule has 1 fully saturated rings. The summed E-state index contributed by atoms with van der Waals surface area (Å²) in [6, 6.07) is 12.4. The first-order valence-corrected chi connectivity index (χ1v) is 9.68. The minimum Gasteiger partial charge on any atom is -0.339 e. The molecule has 1 aliphatic rings. The number of amides is 1. The van der Waals surface area contributed by atoms with Gasteiger partial charge in [0, 0.05) is 24.7 Å². The quantitative estimate of drug-likeness (QED) is 0.669. The number of carbonyl (C=O) groups is 1. The maximum atomic E-state index is 13.4. The van der Waals surface area contributed by atoms with Crippen LogP contribution in [0.1, 0.15) is 50.0 Å². The van der Waals surface area contributed by atoms with E-state index < -0.39 is 0 Å². The Hall–Kier alpha value is -2.69. The Morgan fingerprint density at radius 2 is 1.89 bits per heavy atom. The third kappa shape index (κ3) is 3.22. The second-order valence-electron chi connectivity index (χ2n) is 7.84. The van der Waals surface area contributed by atoms with E-state index in [0.29, 0.717) is 11.5 Å². The van der Waals surface area contributed by atoms with Gasteiger partial charge in [-0.15, -0.1) is 0 Å². The van der Waals surface area contributed by atoms with Crippen molar-refractivity contribution in [3.63, 3.8) is 0 Å². The Kier molecular flexibility index (Phi) is 4.46. The Balaban J connectivity index is 1.86. The van der Waals surface area contributed by atoms with E-state index in [-0.39, 0.29) is 18.0 Å². The minimum atomic E-state index is 0.0438. The number of aromatic nitrogens is 3. The van der Waals surface area contributed by atoms with Crippen LogP contribution in [0, 0.1) is 5.92 Å². The van der Waals surface area contributed by atoms with Crippen LogP contribution in [-0.4, -0.2) is 38.7 Å². The predicted molar refractivity (Wildman–Crippen MR) is 108 cm³/mol. The number of nitrogens with zero attached hydrogens (tertiary/aromatic N) is 4. The summed E-state index contributed by atoms with van der Waals surface area (Å²) in [6.07, 6.45) is 4.20. The largest absolute Gasteiger partial charge is 0.339 e. The summed E-state index contributed by atoms with van der Waals surface area (Å²) < 4.78 is 1.89. The summed E-state index contributed by atoms with van der Waals surface area (Å²) in [4.78, 5) is 20.1. The fourth-order valence-corrected chi connectivity index (χ4v) is 3.60. The van der Waals surface area contributed by atoms with Gasteiger partial charge in [0.2, 0.25) is 0 Å².